The lowest BCUT2D eigenvalue weighted by Gasteiger charge is -2.34. The number of nitrogens with zero attached hydrogens (tertiary/aromatic N) is 6. The largest absolute Gasteiger partial charge is 0.468 e. The SMILES string of the molecule is CN1CCN(c2ccc(-c3cnc(N)c(OCc4cnccn4)n3)cc2)CC1. The molecule has 2 N–H and O–H groups in total. The Morgan fingerprint density at radius 3 is 2.50 bits per heavy atom. The van der Waals surface area contributed by atoms with Crippen molar-refractivity contribution < 1.29 is 4.74 Å². The van der Waals surface area contributed by atoms with Crippen LogP contribution in [-0.2, 0) is 6.61 Å². The van der Waals surface area contributed by atoms with Crippen LogP contribution in [0.15, 0.2) is 49.1 Å². The Balaban J connectivity index is 1.48. The molecule has 0 radical (unpaired) electrons. The summed E-state index contributed by atoms with van der Waals surface area (Å²) in [5.41, 5.74) is 9.52. The number of hydrogen-bond acceptors (Lipinski definition) is 8. The third kappa shape index (κ3) is 4.17. The van der Waals surface area contributed by atoms with E-state index in [1.54, 1.807) is 24.8 Å². The van der Waals surface area contributed by atoms with E-state index in [4.69, 9.17) is 10.5 Å². The topological polar surface area (TPSA) is 93.3 Å². The highest BCUT2D eigenvalue weighted by atomic mass is 16.5. The molecule has 0 bridgehead atoms. The van der Waals surface area contributed by atoms with E-state index in [1.807, 2.05) is 0 Å². The van der Waals surface area contributed by atoms with Crippen LogP contribution in [0.2, 0.25) is 0 Å². The summed E-state index contributed by atoms with van der Waals surface area (Å²) in [6.45, 7) is 4.48. The van der Waals surface area contributed by atoms with Crippen LogP contribution < -0.4 is 15.4 Å². The fourth-order valence-corrected chi connectivity index (χ4v) is 3.08. The minimum atomic E-state index is 0.235. The van der Waals surface area contributed by atoms with Crippen molar-refractivity contribution in [1.29, 1.82) is 0 Å². The Bertz CT molecular complexity index is 910. The Kier molecular flexibility index (Phi) is 5.29. The molecule has 1 fully saturated rings. The molecule has 0 atom stereocenters. The van der Waals surface area contributed by atoms with Crippen molar-refractivity contribution >= 4 is 11.5 Å². The maximum atomic E-state index is 5.92. The number of anilines is 2. The first-order chi connectivity index (χ1) is 13.7. The standard InChI is InChI=1S/C20H23N7O/c1-26-8-10-27(11-9-26)17-4-2-15(3-5-17)18-13-24-19(21)20(25-18)28-14-16-12-22-6-7-23-16/h2-7,12-13H,8-11,14H2,1H3,(H2,21,24). The van der Waals surface area contributed by atoms with Gasteiger partial charge in [-0.15, -0.1) is 0 Å². The first-order valence-corrected chi connectivity index (χ1v) is 9.23. The minimum absolute atomic E-state index is 0.235. The predicted molar refractivity (Wildman–Crippen MR) is 108 cm³/mol. The van der Waals surface area contributed by atoms with Crippen molar-refractivity contribution in [1.82, 2.24) is 24.8 Å². The van der Waals surface area contributed by atoms with Gasteiger partial charge in [0.15, 0.2) is 5.82 Å². The number of nitrogens with two attached hydrogens (primary N) is 1. The van der Waals surface area contributed by atoms with Crippen LogP contribution in [0.3, 0.4) is 0 Å². The molecular formula is C20H23N7O. The van der Waals surface area contributed by atoms with E-state index >= 15 is 0 Å². The van der Waals surface area contributed by atoms with E-state index in [9.17, 15) is 0 Å². The molecule has 8 heteroatoms. The molecule has 4 rings (SSSR count). The Morgan fingerprint density at radius 2 is 1.79 bits per heavy atom. The molecule has 0 amide bonds. The quantitative estimate of drug-likeness (QED) is 0.720. The molecule has 0 unspecified atom stereocenters. The van der Waals surface area contributed by atoms with Gasteiger partial charge in [0.25, 0.3) is 5.88 Å². The maximum Gasteiger partial charge on any atom is 0.258 e. The number of ether oxygens (including phenoxy) is 1. The normalized spacial score (nSPS) is 14.8. The summed E-state index contributed by atoms with van der Waals surface area (Å²) in [5.74, 6) is 0.549. The van der Waals surface area contributed by atoms with Gasteiger partial charge in [0, 0.05) is 49.8 Å². The van der Waals surface area contributed by atoms with E-state index < -0.39 is 0 Å². The number of piperazine rings is 1. The summed E-state index contributed by atoms with van der Waals surface area (Å²) < 4.78 is 5.70. The molecule has 3 aromatic rings. The number of benzene rings is 1. The van der Waals surface area contributed by atoms with Crippen molar-refractivity contribution in [2.45, 2.75) is 6.61 Å². The van der Waals surface area contributed by atoms with Crippen molar-refractivity contribution in [3.8, 4) is 17.1 Å². The molecule has 1 saturated heterocycles. The lowest BCUT2D eigenvalue weighted by atomic mass is 10.1. The highest BCUT2D eigenvalue weighted by molar-refractivity contribution is 5.64. The average Bonchev–Trinajstić information content (AvgIpc) is 2.75. The van der Waals surface area contributed by atoms with Gasteiger partial charge in [-0.25, -0.2) is 9.97 Å². The van der Waals surface area contributed by atoms with Crippen molar-refractivity contribution in [3.05, 3.63) is 54.7 Å². The molecule has 144 valence electrons. The second-order valence-electron chi connectivity index (χ2n) is 6.77. The summed E-state index contributed by atoms with van der Waals surface area (Å²) in [4.78, 5) is 21.7. The molecule has 0 spiro atoms. The van der Waals surface area contributed by atoms with Gasteiger partial charge in [-0.05, 0) is 19.2 Å². The molecule has 8 nitrogen and oxygen atoms in total. The molecule has 0 saturated carbocycles. The second-order valence-corrected chi connectivity index (χ2v) is 6.77. The Hall–Kier alpha value is -3.26. The number of aromatic nitrogens is 4. The van der Waals surface area contributed by atoms with E-state index in [1.165, 1.54) is 5.69 Å². The number of nitrogen functional groups attached to an aromatic ring is 1. The van der Waals surface area contributed by atoms with E-state index in [0.717, 1.165) is 31.7 Å². The van der Waals surface area contributed by atoms with E-state index in [2.05, 4.69) is 61.0 Å². The maximum absolute atomic E-state index is 5.92. The lowest BCUT2D eigenvalue weighted by Crippen LogP contribution is -2.44. The molecule has 0 aliphatic carbocycles. The van der Waals surface area contributed by atoms with Crippen LogP contribution in [0.5, 0.6) is 5.88 Å². The zero-order valence-corrected chi connectivity index (χ0v) is 15.8. The Labute approximate surface area is 164 Å². The highest BCUT2D eigenvalue weighted by Crippen LogP contribution is 2.26. The first kappa shape index (κ1) is 18.1. The molecule has 28 heavy (non-hydrogen) atoms. The van der Waals surface area contributed by atoms with Gasteiger partial charge in [-0.2, -0.15) is 0 Å². The molecule has 1 aromatic carbocycles. The number of rotatable bonds is 5. The number of hydrogen-bond donors (Lipinski definition) is 1. The molecule has 1 aliphatic rings. The second kappa shape index (κ2) is 8.18. The summed E-state index contributed by atoms with van der Waals surface area (Å²) in [6, 6.07) is 8.36. The van der Waals surface area contributed by atoms with Gasteiger partial charge >= 0.3 is 0 Å². The van der Waals surface area contributed by atoms with E-state index in [0.29, 0.717) is 17.3 Å². The fraction of sp³-hybridized carbons (Fsp3) is 0.300. The van der Waals surface area contributed by atoms with Crippen LogP contribution in [0.4, 0.5) is 11.5 Å². The van der Waals surface area contributed by atoms with Gasteiger partial charge in [-0.1, -0.05) is 12.1 Å². The average molecular weight is 377 g/mol. The predicted octanol–water partition coefficient (Wildman–Crippen LogP) is 1.85. The first-order valence-electron chi connectivity index (χ1n) is 9.23. The van der Waals surface area contributed by atoms with Crippen molar-refractivity contribution in [2.24, 2.45) is 0 Å². The zero-order valence-electron chi connectivity index (χ0n) is 15.8. The van der Waals surface area contributed by atoms with Crippen LogP contribution in [0.25, 0.3) is 11.3 Å². The van der Waals surface area contributed by atoms with Gasteiger partial charge in [0.05, 0.1) is 23.8 Å². The molecule has 1 aliphatic heterocycles. The fourth-order valence-electron chi connectivity index (χ4n) is 3.08. The smallest absolute Gasteiger partial charge is 0.258 e. The van der Waals surface area contributed by atoms with Crippen LogP contribution in [0.1, 0.15) is 5.69 Å². The van der Waals surface area contributed by atoms with Gasteiger partial charge in [0.1, 0.15) is 6.61 Å². The van der Waals surface area contributed by atoms with E-state index in [-0.39, 0.29) is 12.4 Å². The number of likely N-dealkylation sites (N-methyl/N-ethyl adjacent to an activating group) is 1. The van der Waals surface area contributed by atoms with Gasteiger partial charge < -0.3 is 20.3 Å². The van der Waals surface area contributed by atoms with Crippen LogP contribution in [0, 0.1) is 0 Å². The third-order valence-corrected chi connectivity index (χ3v) is 4.77. The highest BCUT2D eigenvalue weighted by Gasteiger charge is 2.14. The van der Waals surface area contributed by atoms with Crippen molar-refractivity contribution in [3.63, 3.8) is 0 Å². The summed E-state index contributed by atoms with van der Waals surface area (Å²) in [5, 5.41) is 0. The van der Waals surface area contributed by atoms with Gasteiger partial charge in [0.2, 0.25) is 0 Å². The third-order valence-electron chi connectivity index (χ3n) is 4.77. The minimum Gasteiger partial charge on any atom is -0.468 e. The molecular weight excluding hydrogens is 354 g/mol. The summed E-state index contributed by atoms with van der Waals surface area (Å²) >= 11 is 0. The zero-order chi connectivity index (χ0) is 19.3. The van der Waals surface area contributed by atoms with Gasteiger partial charge in [-0.3, -0.25) is 9.97 Å². The summed E-state index contributed by atoms with van der Waals surface area (Å²) in [6.07, 6.45) is 6.54. The summed E-state index contributed by atoms with van der Waals surface area (Å²) in [7, 11) is 2.16. The van der Waals surface area contributed by atoms with Crippen LogP contribution >= 0.6 is 0 Å². The Morgan fingerprint density at radius 1 is 1.00 bits per heavy atom. The van der Waals surface area contributed by atoms with Crippen molar-refractivity contribution in [2.75, 3.05) is 43.9 Å². The lowest BCUT2D eigenvalue weighted by molar-refractivity contribution is 0.290. The molecule has 3 heterocycles. The molecule has 2 aromatic heterocycles. The van der Waals surface area contributed by atoms with Crippen LogP contribution in [-0.4, -0.2) is 58.1 Å². The monoisotopic (exact) mass is 377 g/mol.